The summed E-state index contributed by atoms with van der Waals surface area (Å²) in [4.78, 5) is 12.7. The van der Waals surface area contributed by atoms with Gasteiger partial charge in [0.15, 0.2) is 0 Å². The number of carbonyl (C=O) groups is 1. The number of nitrogens with two attached hydrogens (primary N) is 1. The van der Waals surface area contributed by atoms with Crippen molar-refractivity contribution in [3.8, 4) is 12.3 Å². The zero-order valence-corrected chi connectivity index (χ0v) is 9.80. The summed E-state index contributed by atoms with van der Waals surface area (Å²) in [6, 6.07) is 9.15. The Kier molecular flexibility index (Phi) is 5.05. The predicted molar refractivity (Wildman–Crippen MR) is 66.2 cm³/mol. The number of hydrogen-bond donors (Lipinski definition) is 1. The molecule has 1 aromatic carbocycles. The second kappa shape index (κ2) is 6.56. The number of nitrogens with zero attached hydrogens (tertiary/aromatic N) is 1. The maximum absolute atomic E-state index is 11.4. The van der Waals surface area contributed by atoms with Crippen LogP contribution in [0.3, 0.4) is 0 Å². The molecule has 0 spiro atoms. The van der Waals surface area contributed by atoms with Crippen molar-refractivity contribution in [2.75, 3.05) is 20.2 Å². The second-order valence-electron chi connectivity index (χ2n) is 3.65. The highest BCUT2D eigenvalue weighted by atomic mass is 16.6. The quantitative estimate of drug-likeness (QED) is 0.798. The number of benzene rings is 1. The molecule has 90 valence electrons. The number of terminal acetylenes is 1. The molecule has 0 aliphatic rings. The fraction of sp³-hybridized carbons (Fsp3) is 0.308. The third-order valence-electron chi connectivity index (χ3n) is 2.25. The van der Waals surface area contributed by atoms with Crippen molar-refractivity contribution < 1.29 is 9.53 Å². The summed E-state index contributed by atoms with van der Waals surface area (Å²) < 4.78 is 5.04. The standard InChI is InChI=1S/C13H16N2O2/c1-3-9-15(2)13(16)17-10-12(14)11-7-5-4-6-8-11/h1,4-8,12H,9-10,14H2,2H3. The van der Waals surface area contributed by atoms with E-state index in [1.807, 2.05) is 30.3 Å². The lowest BCUT2D eigenvalue weighted by Gasteiger charge is -2.17. The van der Waals surface area contributed by atoms with Gasteiger partial charge in [-0.2, -0.15) is 0 Å². The first-order chi connectivity index (χ1) is 8.15. The minimum absolute atomic E-state index is 0.137. The molecule has 0 fully saturated rings. The Morgan fingerprint density at radius 2 is 2.18 bits per heavy atom. The van der Waals surface area contributed by atoms with Crippen molar-refractivity contribution in [1.82, 2.24) is 4.90 Å². The van der Waals surface area contributed by atoms with Gasteiger partial charge in [0.25, 0.3) is 0 Å². The summed E-state index contributed by atoms with van der Waals surface area (Å²) >= 11 is 0. The van der Waals surface area contributed by atoms with E-state index in [-0.39, 0.29) is 19.2 Å². The van der Waals surface area contributed by atoms with Gasteiger partial charge in [-0.05, 0) is 5.56 Å². The Bertz CT molecular complexity index is 398. The number of rotatable bonds is 4. The van der Waals surface area contributed by atoms with Crippen LogP contribution in [0.2, 0.25) is 0 Å². The zero-order chi connectivity index (χ0) is 12.7. The molecule has 1 unspecified atom stereocenters. The fourth-order valence-corrected chi connectivity index (χ4v) is 1.27. The van der Waals surface area contributed by atoms with E-state index >= 15 is 0 Å². The van der Waals surface area contributed by atoms with Crippen LogP contribution in [0.5, 0.6) is 0 Å². The van der Waals surface area contributed by atoms with Crippen molar-refractivity contribution in [1.29, 1.82) is 0 Å². The van der Waals surface area contributed by atoms with E-state index in [2.05, 4.69) is 5.92 Å². The minimum atomic E-state index is -0.464. The largest absolute Gasteiger partial charge is 0.447 e. The van der Waals surface area contributed by atoms with Crippen LogP contribution in [0.25, 0.3) is 0 Å². The van der Waals surface area contributed by atoms with Gasteiger partial charge in [-0.1, -0.05) is 36.3 Å². The first-order valence-corrected chi connectivity index (χ1v) is 5.27. The molecule has 17 heavy (non-hydrogen) atoms. The van der Waals surface area contributed by atoms with Gasteiger partial charge in [-0.25, -0.2) is 4.79 Å². The van der Waals surface area contributed by atoms with Crippen LogP contribution in [0.1, 0.15) is 11.6 Å². The molecule has 1 aromatic rings. The van der Waals surface area contributed by atoms with Gasteiger partial charge in [-0.15, -0.1) is 6.42 Å². The summed E-state index contributed by atoms with van der Waals surface area (Å²) in [6.45, 7) is 0.358. The lowest BCUT2D eigenvalue weighted by atomic mass is 10.1. The normalized spacial score (nSPS) is 11.4. The van der Waals surface area contributed by atoms with E-state index in [9.17, 15) is 4.79 Å². The second-order valence-corrected chi connectivity index (χ2v) is 3.65. The summed E-state index contributed by atoms with van der Waals surface area (Å²) in [7, 11) is 1.58. The Morgan fingerprint density at radius 3 is 2.76 bits per heavy atom. The molecule has 4 nitrogen and oxygen atoms in total. The lowest BCUT2D eigenvalue weighted by Crippen LogP contribution is -2.30. The Hall–Kier alpha value is -1.99. The predicted octanol–water partition coefficient (Wildman–Crippen LogP) is 1.39. The highest BCUT2D eigenvalue weighted by molar-refractivity contribution is 5.67. The molecule has 0 aliphatic heterocycles. The van der Waals surface area contributed by atoms with E-state index in [0.717, 1.165) is 5.56 Å². The van der Waals surface area contributed by atoms with Crippen molar-refractivity contribution in [3.05, 3.63) is 35.9 Å². The molecule has 0 heterocycles. The smallest absolute Gasteiger partial charge is 0.410 e. The van der Waals surface area contributed by atoms with Crippen LogP contribution in [0.4, 0.5) is 4.79 Å². The average Bonchev–Trinajstić information content (AvgIpc) is 2.36. The van der Waals surface area contributed by atoms with Crippen LogP contribution in [0, 0.1) is 12.3 Å². The highest BCUT2D eigenvalue weighted by Crippen LogP contribution is 2.09. The van der Waals surface area contributed by atoms with Crippen LogP contribution < -0.4 is 5.73 Å². The Labute approximate surface area is 101 Å². The van der Waals surface area contributed by atoms with Crippen molar-refractivity contribution in [3.63, 3.8) is 0 Å². The van der Waals surface area contributed by atoms with E-state index in [1.165, 1.54) is 4.90 Å². The molecule has 0 saturated carbocycles. The first-order valence-electron chi connectivity index (χ1n) is 5.27. The van der Waals surface area contributed by atoms with Crippen LogP contribution in [0.15, 0.2) is 30.3 Å². The van der Waals surface area contributed by atoms with Gasteiger partial charge in [0.1, 0.15) is 6.61 Å². The minimum Gasteiger partial charge on any atom is -0.447 e. The van der Waals surface area contributed by atoms with Gasteiger partial charge < -0.3 is 15.4 Å². The third kappa shape index (κ3) is 4.17. The Balaban J connectivity index is 2.41. The Morgan fingerprint density at radius 1 is 1.53 bits per heavy atom. The van der Waals surface area contributed by atoms with Crippen molar-refractivity contribution in [2.45, 2.75) is 6.04 Å². The molecule has 2 N–H and O–H groups in total. The number of carbonyl (C=O) groups excluding carboxylic acids is 1. The molecule has 4 heteroatoms. The maximum atomic E-state index is 11.4. The van der Waals surface area contributed by atoms with Gasteiger partial charge in [0, 0.05) is 7.05 Å². The van der Waals surface area contributed by atoms with E-state index in [1.54, 1.807) is 7.05 Å². The average molecular weight is 232 g/mol. The topological polar surface area (TPSA) is 55.6 Å². The first kappa shape index (κ1) is 13.1. The van der Waals surface area contributed by atoms with E-state index < -0.39 is 6.09 Å². The molecule has 1 atom stereocenters. The SMILES string of the molecule is C#CCN(C)C(=O)OCC(N)c1ccccc1. The fourth-order valence-electron chi connectivity index (χ4n) is 1.27. The van der Waals surface area contributed by atoms with E-state index in [0.29, 0.717) is 0 Å². The summed E-state index contributed by atoms with van der Waals surface area (Å²) in [5.41, 5.74) is 6.81. The molecule has 0 aromatic heterocycles. The zero-order valence-electron chi connectivity index (χ0n) is 9.80. The van der Waals surface area contributed by atoms with Gasteiger partial charge >= 0.3 is 6.09 Å². The lowest BCUT2D eigenvalue weighted by molar-refractivity contribution is 0.109. The number of ether oxygens (including phenoxy) is 1. The molecule has 0 radical (unpaired) electrons. The summed E-state index contributed by atoms with van der Waals surface area (Å²) in [6.07, 6.45) is 4.63. The van der Waals surface area contributed by atoms with Gasteiger partial charge in [-0.3, -0.25) is 0 Å². The van der Waals surface area contributed by atoms with Gasteiger partial charge in [0.05, 0.1) is 12.6 Å². The number of amides is 1. The molecular formula is C13H16N2O2. The van der Waals surface area contributed by atoms with Gasteiger partial charge in [0.2, 0.25) is 0 Å². The molecular weight excluding hydrogens is 216 g/mol. The molecule has 1 rings (SSSR count). The third-order valence-corrected chi connectivity index (χ3v) is 2.25. The summed E-state index contributed by atoms with van der Waals surface area (Å²) in [5.74, 6) is 2.36. The maximum Gasteiger partial charge on any atom is 0.410 e. The summed E-state index contributed by atoms with van der Waals surface area (Å²) in [5, 5.41) is 0. The van der Waals surface area contributed by atoms with Crippen molar-refractivity contribution >= 4 is 6.09 Å². The number of hydrogen-bond acceptors (Lipinski definition) is 3. The molecule has 0 saturated heterocycles. The molecule has 0 bridgehead atoms. The molecule has 0 aliphatic carbocycles. The highest BCUT2D eigenvalue weighted by Gasteiger charge is 2.12. The van der Waals surface area contributed by atoms with E-state index in [4.69, 9.17) is 16.9 Å². The van der Waals surface area contributed by atoms with Crippen LogP contribution in [-0.2, 0) is 4.74 Å². The molecule has 1 amide bonds. The van der Waals surface area contributed by atoms with Crippen LogP contribution >= 0.6 is 0 Å². The van der Waals surface area contributed by atoms with Crippen molar-refractivity contribution in [2.24, 2.45) is 5.73 Å². The van der Waals surface area contributed by atoms with Crippen LogP contribution in [-0.4, -0.2) is 31.2 Å². The monoisotopic (exact) mass is 232 g/mol.